The summed E-state index contributed by atoms with van der Waals surface area (Å²) < 4.78 is 0. The van der Waals surface area contributed by atoms with Crippen molar-refractivity contribution in [3.63, 3.8) is 0 Å². The molecule has 6 amide bonds. The summed E-state index contributed by atoms with van der Waals surface area (Å²) in [5.74, 6) is -6.82. The first kappa shape index (κ1) is 46.7. The average molecular weight is 745 g/mol. The van der Waals surface area contributed by atoms with Crippen molar-refractivity contribution >= 4 is 53.3 Å². The highest BCUT2D eigenvalue weighted by atomic mass is 16.4. The van der Waals surface area contributed by atoms with Crippen LogP contribution < -0.4 is 66.7 Å². The van der Waals surface area contributed by atoms with E-state index in [2.05, 4.69) is 36.6 Å². The molecule has 0 aliphatic rings. The van der Waals surface area contributed by atoms with Crippen LogP contribution in [0.3, 0.4) is 0 Å². The summed E-state index contributed by atoms with van der Waals surface area (Å²) in [6.45, 7) is 1.17. The monoisotopic (exact) mass is 744 g/mol. The number of hydrogen-bond acceptors (Lipinski definition) is 12. The number of aliphatic hydroxyl groups is 1. The van der Waals surface area contributed by atoms with Crippen LogP contribution in [0.1, 0.15) is 64.7 Å². The van der Waals surface area contributed by atoms with E-state index in [1.54, 1.807) is 0 Å². The zero-order chi connectivity index (χ0) is 39.8. The van der Waals surface area contributed by atoms with E-state index in [0.29, 0.717) is 19.3 Å². The van der Waals surface area contributed by atoms with Crippen molar-refractivity contribution in [2.45, 2.75) is 101 Å². The molecule has 6 unspecified atom stereocenters. The van der Waals surface area contributed by atoms with Crippen molar-refractivity contribution < 1.29 is 43.8 Å². The Morgan fingerprint density at radius 2 is 1.13 bits per heavy atom. The molecule has 21 N–H and O–H groups in total. The Morgan fingerprint density at radius 1 is 0.654 bits per heavy atom. The Kier molecular flexibility index (Phi) is 23.0. The number of nitrogens with two attached hydrogens (primary N) is 7. The quantitative estimate of drug-likeness (QED) is 0.0211. The molecule has 23 heteroatoms. The molecule has 0 aromatic rings. The van der Waals surface area contributed by atoms with Crippen LogP contribution in [0.2, 0.25) is 0 Å². The molecule has 0 aromatic heterocycles. The Balaban J connectivity index is 5.95. The Bertz CT molecular complexity index is 1260. The van der Waals surface area contributed by atoms with Crippen molar-refractivity contribution in [1.29, 1.82) is 0 Å². The number of amides is 6. The van der Waals surface area contributed by atoms with Crippen LogP contribution in [-0.4, -0.2) is 126 Å². The van der Waals surface area contributed by atoms with Gasteiger partial charge in [-0.2, -0.15) is 0 Å². The average Bonchev–Trinajstić information content (AvgIpc) is 3.06. The highest BCUT2D eigenvalue weighted by Crippen LogP contribution is 2.07. The summed E-state index contributed by atoms with van der Waals surface area (Å²) in [7, 11) is 0. The number of nitrogens with zero attached hydrogens (tertiary/aromatic N) is 2. The predicted molar refractivity (Wildman–Crippen MR) is 189 cm³/mol. The van der Waals surface area contributed by atoms with Gasteiger partial charge in [0.15, 0.2) is 18.0 Å². The number of guanidine groups is 2. The molecule has 0 aliphatic carbocycles. The summed E-state index contributed by atoms with van der Waals surface area (Å²) >= 11 is 0. The number of aliphatic hydroxyl groups excluding tert-OH is 1. The van der Waals surface area contributed by atoms with Crippen LogP contribution in [0, 0.1) is 0 Å². The van der Waals surface area contributed by atoms with Crippen LogP contribution in [-0.2, 0) is 33.6 Å². The maximum Gasteiger partial charge on any atom is 0.328 e. The smallest absolute Gasteiger partial charge is 0.328 e. The molecule has 6 atom stereocenters. The molecule has 0 aromatic carbocycles. The highest BCUT2D eigenvalue weighted by Gasteiger charge is 2.32. The second-order valence-electron chi connectivity index (χ2n) is 11.8. The van der Waals surface area contributed by atoms with Crippen LogP contribution >= 0.6 is 0 Å². The molecule has 52 heavy (non-hydrogen) atoms. The van der Waals surface area contributed by atoms with Gasteiger partial charge in [0.1, 0.15) is 18.1 Å². The summed E-state index contributed by atoms with van der Waals surface area (Å²) in [5, 5.41) is 31.1. The fraction of sp³-hybridized carbons (Fsp3) is 0.690. The van der Waals surface area contributed by atoms with Gasteiger partial charge in [-0.1, -0.05) is 0 Å². The largest absolute Gasteiger partial charge is 0.480 e. The number of unbranched alkanes of at least 4 members (excludes halogenated alkanes) is 1. The van der Waals surface area contributed by atoms with E-state index in [0.717, 1.165) is 6.92 Å². The molecule has 23 nitrogen and oxygen atoms in total. The molecule has 0 fully saturated rings. The zero-order valence-corrected chi connectivity index (χ0v) is 29.3. The lowest BCUT2D eigenvalue weighted by Gasteiger charge is -2.26. The van der Waals surface area contributed by atoms with Crippen molar-refractivity contribution in [3.05, 3.63) is 0 Å². The number of carboxylic acids is 1. The summed E-state index contributed by atoms with van der Waals surface area (Å²) in [6.07, 6.45) is -0.628. The molecule has 0 radical (unpaired) electrons. The van der Waals surface area contributed by atoms with Crippen molar-refractivity contribution in [2.75, 3.05) is 26.2 Å². The number of aliphatic imine (C=N–C) groups is 2. The van der Waals surface area contributed by atoms with Gasteiger partial charge in [0, 0.05) is 19.5 Å². The van der Waals surface area contributed by atoms with Crippen LogP contribution in [0.15, 0.2) is 9.98 Å². The van der Waals surface area contributed by atoms with Gasteiger partial charge in [-0.05, 0) is 64.8 Å². The van der Waals surface area contributed by atoms with Crippen LogP contribution in [0.25, 0.3) is 0 Å². The second kappa shape index (κ2) is 25.6. The zero-order valence-electron chi connectivity index (χ0n) is 29.3. The molecule has 0 bridgehead atoms. The standard InChI is InChI=1S/C29H56N14O9/c1-15(44)22(27(51)52)43-26(50)18(7-2-3-11-30)41-25(49)19(9-10-20(32)45)42-24(48)17(8-5-13-38-29(35)36)40-21(46)14-39-23(47)16(31)6-4-12-37-28(33)34/h15-19,22,44H,2-14,30-31H2,1H3,(H2,32,45)(H,39,47)(H,40,46)(H,41,49)(H,42,48)(H,43,50)(H,51,52)(H4,33,34,37)(H4,35,36,38). The van der Waals surface area contributed by atoms with E-state index in [4.69, 9.17) is 40.1 Å². The number of aliphatic carboxylic acids is 1. The van der Waals surface area contributed by atoms with Crippen molar-refractivity contribution in [3.8, 4) is 0 Å². The van der Waals surface area contributed by atoms with Gasteiger partial charge in [-0.3, -0.25) is 38.8 Å². The van der Waals surface area contributed by atoms with Gasteiger partial charge >= 0.3 is 5.97 Å². The van der Waals surface area contributed by atoms with Crippen LogP contribution in [0.4, 0.5) is 0 Å². The van der Waals surface area contributed by atoms with Crippen molar-refractivity contribution in [1.82, 2.24) is 26.6 Å². The molecule has 0 aliphatic heterocycles. The van der Waals surface area contributed by atoms with Gasteiger partial charge < -0.3 is 76.9 Å². The second-order valence-corrected chi connectivity index (χ2v) is 11.8. The van der Waals surface area contributed by atoms with E-state index < -0.39 is 84.3 Å². The number of carbonyl (C=O) groups is 7. The molecule has 0 saturated carbocycles. The Labute approximate surface area is 301 Å². The van der Waals surface area contributed by atoms with E-state index in [1.807, 2.05) is 0 Å². The minimum Gasteiger partial charge on any atom is -0.480 e. The number of rotatable bonds is 27. The van der Waals surface area contributed by atoms with Crippen molar-refractivity contribution in [2.24, 2.45) is 50.1 Å². The minimum atomic E-state index is -1.69. The number of hydrogen-bond donors (Lipinski definition) is 14. The Hall–Kier alpha value is -5.29. The summed E-state index contributed by atoms with van der Waals surface area (Å²) in [5.41, 5.74) is 37.9. The van der Waals surface area contributed by atoms with Crippen LogP contribution in [0.5, 0.6) is 0 Å². The molecule has 0 saturated heterocycles. The van der Waals surface area contributed by atoms with Gasteiger partial charge in [0.25, 0.3) is 0 Å². The Morgan fingerprint density at radius 3 is 1.62 bits per heavy atom. The molecule has 0 heterocycles. The fourth-order valence-electron chi connectivity index (χ4n) is 4.47. The number of primary amides is 1. The first-order valence-electron chi connectivity index (χ1n) is 16.6. The van der Waals surface area contributed by atoms with Gasteiger partial charge in [0.2, 0.25) is 35.4 Å². The fourth-order valence-corrected chi connectivity index (χ4v) is 4.47. The topological polar surface area (TPSA) is 427 Å². The maximum absolute atomic E-state index is 13.5. The maximum atomic E-state index is 13.5. The predicted octanol–water partition coefficient (Wildman–Crippen LogP) is -6.66. The lowest BCUT2D eigenvalue weighted by molar-refractivity contribution is -0.145. The normalized spacial score (nSPS) is 14.2. The first-order chi connectivity index (χ1) is 24.4. The SMILES string of the molecule is CC(O)C(NC(=O)C(CCCCN)NC(=O)C(CCC(N)=O)NC(=O)C(CCCN=C(N)N)NC(=O)CNC(=O)C(N)CCCN=C(N)N)C(=O)O. The van der Waals surface area contributed by atoms with E-state index in [9.17, 15) is 43.8 Å². The minimum absolute atomic E-state index is 0.00648. The third-order valence-corrected chi connectivity index (χ3v) is 7.26. The summed E-state index contributed by atoms with van der Waals surface area (Å²) in [6, 6.07) is -6.77. The van der Waals surface area contributed by atoms with E-state index in [1.165, 1.54) is 0 Å². The van der Waals surface area contributed by atoms with E-state index >= 15 is 0 Å². The highest BCUT2D eigenvalue weighted by molar-refractivity contribution is 5.96. The third kappa shape index (κ3) is 21.0. The van der Waals surface area contributed by atoms with E-state index in [-0.39, 0.29) is 70.1 Å². The molecular weight excluding hydrogens is 688 g/mol. The van der Waals surface area contributed by atoms with Gasteiger partial charge in [-0.15, -0.1) is 0 Å². The molecule has 296 valence electrons. The van der Waals surface area contributed by atoms with Gasteiger partial charge in [-0.25, -0.2) is 4.79 Å². The van der Waals surface area contributed by atoms with Gasteiger partial charge in [0.05, 0.1) is 18.7 Å². The molecule has 0 rings (SSSR count). The first-order valence-corrected chi connectivity index (χ1v) is 16.6. The molecule has 0 spiro atoms. The molecular formula is C29H56N14O9. The third-order valence-electron chi connectivity index (χ3n) is 7.26. The lowest BCUT2D eigenvalue weighted by atomic mass is 10.0. The number of carboxylic acid groups (broad SMARTS) is 1. The summed E-state index contributed by atoms with van der Waals surface area (Å²) in [4.78, 5) is 96.0. The lowest BCUT2D eigenvalue weighted by Crippen LogP contribution is -2.59. The number of nitrogens with one attached hydrogen (secondary N) is 5. The number of carbonyl (C=O) groups excluding carboxylic acids is 6.